The Morgan fingerprint density at radius 2 is 1.53 bits per heavy atom. The van der Waals surface area contributed by atoms with Crippen LogP contribution in [-0.2, 0) is 26.0 Å². The van der Waals surface area contributed by atoms with Crippen LogP contribution >= 0.6 is 0 Å². The van der Waals surface area contributed by atoms with E-state index in [2.05, 4.69) is 5.32 Å². The molecule has 166 valence electrons. The topological polar surface area (TPSA) is 92.8 Å². The zero-order valence-electron chi connectivity index (χ0n) is 17.8. The van der Waals surface area contributed by atoms with E-state index in [9.17, 15) is 18.0 Å². The third kappa shape index (κ3) is 5.15. The summed E-state index contributed by atoms with van der Waals surface area (Å²) in [6.45, 7) is 1.53. The van der Waals surface area contributed by atoms with Gasteiger partial charge in [-0.3, -0.25) is 9.10 Å². The summed E-state index contributed by atoms with van der Waals surface area (Å²) < 4.78 is 32.5. The third-order valence-electron chi connectivity index (χ3n) is 4.86. The molecule has 0 aliphatic carbocycles. The second-order valence-corrected chi connectivity index (χ2v) is 8.79. The summed E-state index contributed by atoms with van der Waals surface area (Å²) in [5, 5.41) is 2.63. The Balaban J connectivity index is 1.94. The molecule has 0 unspecified atom stereocenters. The molecule has 0 bridgehead atoms. The number of hydrogen-bond donors (Lipinski definition) is 1. The predicted molar refractivity (Wildman–Crippen MR) is 123 cm³/mol. The fraction of sp³-hybridized carbons (Fsp3) is 0.167. The summed E-state index contributed by atoms with van der Waals surface area (Å²) in [7, 11) is -2.77. The lowest BCUT2D eigenvalue weighted by molar-refractivity contribution is -0.114. The van der Waals surface area contributed by atoms with Gasteiger partial charge in [-0.15, -0.1) is 0 Å². The monoisotopic (exact) mass is 452 g/mol. The number of ether oxygens (including phenoxy) is 1. The molecule has 0 atom stereocenters. The Labute approximate surface area is 187 Å². The van der Waals surface area contributed by atoms with Crippen molar-refractivity contribution in [3.63, 3.8) is 0 Å². The third-order valence-corrected chi connectivity index (χ3v) is 6.65. The largest absolute Gasteiger partial charge is 0.465 e. The SMILES string of the molecule is CCc1ccc(N(CC(=O)Nc2ccccc2C(=O)OC)S(=O)(=O)c2ccccc2)cc1. The second-order valence-electron chi connectivity index (χ2n) is 6.93. The maximum absolute atomic E-state index is 13.4. The van der Waals surface area contributed by atoms with Crippen molar-refractivity contribution >= 4 is 33.3 Å². The van der Waals surface area contributed by atoms with E-state index in [1.165, 1.54) is 25.3 Å². The number of para-hydroxylation sites is 1. The molecule has 8 heteroatoms. The lowest BCUT2D eigenvalue weighted by atomic mass is 10.1. The minimum Gasteiger partial charge on any atom is -0.465 e. The highest BCUT2D eigenvalue weighted by molar-refractivity contribution is 7.92. The van der Waals surface area contributed by atoms with Crippen LogP contribution < -0.4 is 9.62 Å². The number of rotatable bonds is 8. The van der Waals surface area contributed by atoms with Crippen LogP contribution in [0.3, 0.4) is 0 Å². The van der Waals surface area contributed by atoms with Gasteiger partial charge in [0.25, 0.3) is 10.0 Å². The molecule has 3 aromatic carbocycles. The lowest BCUT2D eigenvalue weighted by Gasteiger charge is -2.24. The van der Waals surface area contributed by atoms with Gasteiger partial charge in [0.1, 0.15) is 6.54 Å². The van der Waals surface area contributed by atoms with E-state index in [1.807, 2.05) is 19.1 Å². The molecule has 0 spiro atoms. The highest BCUT2D eigenvalue weighted by Gasteiger charge is 2.27. The molecule has 7 nitrogen and oxygen atoms in total. The van der Waals surface area contributed by atoms with Crippen molar-refractivity contribution < 1.29 is 22.7 Å². The molecular weight excluding hydrogens is 428 g/mol. The van der Waals surface area contributed by atoms with E-state index in [1.54, 1.807) is 48.5 Å². The van der Waals surface area contributed by atoms with Crippen LogP contribution in [0.15, 0.2) is 83.8 Å². The quantitative estimate of drug-likeness (QED) is 0.524. The number of methoxy groups -OCH3 is 1. The fourth-order valence-electron chi connectivity index (χ4n) is 3.13. The number of carbonyl (C=O) groups is 2. The van der Waals surface area contributed by atoms with E-state index in [0.29, 0.717) is 5.69 Å². The number of esters is 1. The average molecular weight is 453 g/mol. The summed E-state index contributed by atoms with van der Waals surface area (Å²) in [6.07, 6.45) is 0.802. The molecule has 0 heterocycles. The van der Waals surface area contributed by atoms with Gasteiger partial charge in [-0.05, 0) is 48.4 Å². The van der Waals surface area contributed by atoms with Crippen LogP contribution in [0, 0.1) is 0 Å². The summed E-state index contributed by atoms with van der Waals surface area (Å²) in [5.41, 5.74) is 1.82. The van der Waals surface area contributed by atoms with Crippen molar-refractivity contribution in [3.05, 3.63) is 90.0 Å². The van der Waals surface area contributed by atoms with Gasteiger partial charge < -0.3 is 10.1 Å². The van der Waals surface area contributed by atoms with Crippen LogP contribution in [0.5, 0.6) is 0 Å². The smallest absolute Gasteiger partial charge is 0.339 e. The number of sulfonamides is 1. The maximum Gasteiger partial charge on any atom is 0.339 e. The standard InChI is InChI=1S/C24H24N2O5S/c1-3-18-13-15-19(16-14-18)26(32(29,30)20-9-5-4-6-10-20)17-23(27)25-22-12-8-7-11-21(22)24(28)31-2/h4-16H,3,17H2,1-2H3,(H,25,27). The van der Waals surface area contributed by atoms with Gasteiger partial charge in [0.05, 0.1) is 28.9 Å². The molecule has 1 N–H and O–H groups in total. The molecule has 0 aliphatic rings. The molecule has 3 rings (SSSR count). The summed E-state index contributed by atoms with van der Waals surface area (Å²) in [4.78, 5) is 24.9. The van der Waals surface area contributed by atoms with Gasteiger partial charge in [0, 0.05) is 0 Å². The lowest BCUT2D eigenvalue weighted by Crippen LogP contribution is -2.38. The Bertz CT molecular complexity index is 1190. The van der Waals surface area contributed by atoms with Gasteiger partial charge in [0.15, 0.2) is 0 Å². The van der Waals surface area contributed by atoms with E-state index in [0.717, 1.165) is 16.3 Å². The fourth-order valence-corrected chi connectivity index (χ4v) is 4.57. The number of amides is 1. The van der Waals surface area contributed by atoms with Crippen LogP contribution in [-0.4, -0.2) is 33.9 Å². The predicted octanol–water partition coefficient (Wildman–Crippen LogP) is 3.87. The molecule has 1 amide bonds. The number of hydrogen-bond acceptors (Lipinski definition) is 5. The van der Waals surface area contributed by atoms with Crippen molar-refractivity contribution in [2.75, 3.05) is 23.3 Å². The number of benzene rings is 3. The second kappa shape index (κ2) is 10.1. The summed E-state index contributed by atoms with van der Waals surface area (Å²) >= 11 is 0. The molecule has 32 heavy (non-hydrogen) atoms. The number of aryl methyl sites for hydroxylation is 1. The van der Waals surface area contributed by atoms with Crippen molar-refractivity contribution in [2.45, 2.75) is 18.2 Å². The van der Waals surface area contributed by atoms with Crippen molar-refractivity contribution in [2.24, 2.45) is 0 Å². The molecule has 0 fully saturated rings. The Morgan fingerprint density at radius 3 is 2.16 bits per heavy atom. The first-order valence-corrected chi connectivity index (χ1v) is 11.4. The zero-order valence-corrected chi connectivity index (χ0v) is 18.6. The first-order valence-electron chi connectivity index (χ1n) is 10.0. The average Bonchev–Trinajstić information content (AvgIpc) is 2.83. The molecule has 0 radical (unpaired) electrons. The van der Waals surface area contributed by atoms with Crippen LogP contribution in [0.4, 0.5) is 11.4 Å². The van der Waals surface area contributed by atoms with E-state index in [-0.39, 0.29) is 16.1 Å². The Kier molecular flexibility index (Phi) is 7.27. The number of anilines is 2. The van der Waals surface area contributed by atoms with Gasteiger partial charge in [-0.2, -0.15) is 0 Å². The van der Waals surface area contributed by atoms with Crippen molar-refractivity contribution in [3.8, 4) is 0 Å². The number of nitrogens with one attached hydrogen (secondary N) is 1. The Hall–Kier alpha value is -3.65. The first kappa shape index (κ1) is 23.0. The highest BCUT2D eigenvalue weighted by atomic mass is 32.2. The highest BCUT2D eigenvalue weighted by Crippen LogP contribution is 2.25. The van der Waals surface area contributed by atoms with E-state index in [4.69, 9.17) is 4.74 Å². The van der Waals surface area contributed by atoms with Gasteiger partial charge in [0.2, 0.25) is 5.91 Å². The Morgan fingerprint density at radius 1 is 0.906 bits per heavy atom. The van der Waals surface area contributed by atoms with Gasteiger partial charge in [-0.25, -0.2) is 13.2 Å². The van der Waals surface area contributed by atoms with Crippen molar-refractivity contribution in [1.29, 1.82) is 0 Å². The van der Waals surface area contributed by atoms with Crippen LogP contribution in [0.1, 0.15) is 22.8 Å². The van der Waals surface area contributed by atoms with Gasteiger partial charge >= 0.3 is 5.97 Å². The van der Waals surface area contributed by atoms with Crippen LogP contribution in [0.25, 0.3) is 0 Å². The molecule has 0 aliphatic heterocycles. The van der Waals surface area contributed by atoms with Gasteiger partial charge in [-0.1, -0.05) is 49.4 Å². The first-order chi connectivity index (χ1) is 15.4. The zero-order chi connectivity index (χ0) is 23.1. The van der Waals surface area contributed by atoms with E-state index < -0.39 is 28.4 Å². The number of carbonyl (C=O) groups excluding carboxylic acids is 2. The molecule has 0 aromatic heterocycles. The minimum atomic E-state index is -4.01. The summed E-state index contributed by atoms with van der Waals surface area (Å²) in [6, 6.07) is 21.3. The van der Waals surface area contributed by atoms with Crippen LogP contribution in [0.2, 0.25) is 0 Å². The molecule has 3 aromatic rings. The minimum absolute atomic E-state index is 0.0716. The van der Waals surface area contributed by atoms with E-state index >= 15 is 0 Å². The molecule has 0 saturated heterocycles. The normalized spacial score (nSPS) is 10.9. The van der Waals surface area contributed by atoms with Crippen molar-refractivity contribution in [1.82, 2.24) is 0 Å². The maximum atomic E-state index is 13.4. The molecular formula is C24H24N2O5S. The number of nitrogens with zero attached hydrogens (tertiary/aromatic N) is 1. The molecule has 0 saturated carbocycles. The summed E-state index contributed by atoms with van der Waals surface area (Å²) in [5.74, 6) is -1.20.